The standard InChI is InChI=1S/C22H20ClNO5/c1-2-3-14-7-20(25)29-21-15(14)8-17(23)22-16(21)10-24(11-26-22)9-13-4-5-18-19(6-13)28-12-27-18/h4-8H,2-3,9-12H2,1H3. The zero-order valence-corrected chi connectivity index (χ0v) is 16.8. The van der Waals surface area contributed by atoms with Crippen molar-refractivity contribution in [1.29, 1.82) is 0 Å². The van der Waals surface area contributed by atoms with Crippen LogP contribution in [-0.4, -0.2) is 18.4 Å². The van der Waals surface area contributed by atoms with Gasteiger partial charge in [0.05, 0.1) is 10.6 Å². The molecule has 6 nitrogen and oxygen atoms in total. The quantitative estimate of drug-likeness (QED) is 0.588. The molecule has 1 aromatic heterocycles. The molecule has 0 saturated carbocycles. The summed E-state index contributed by atoms with van der Waals surface area (Å²) in [5.41, 5.74) is 3.07. The van der Waals surface area contributed by atoms with Gasteiger partial charge in [0, 0.05) is 24.5 Å². The fourth-order valence-corrected chi connectivity index (χ4v) is 4.25. The van der Waals surface area contributed by atoms with Crippen LogP contribution in [0, 0.1) is 0 Å². The normalized spacial score (nSPS) is 15.4. The van der Waals surface area contributed by atoms with E-state index in [2.05, 4.69) is 11.8 Å². The van der Waals surface area contributed by atoms with Gasteiger partial charge in [-0.05, 0) is 35.7 Å². The summed E-state index contributed by atoms with van der Waals surface area (Å²) in [6.45, 7) is 3.95. The molecule has 0 fully saturated rings. The third kappa shape index (κ3) is 3.32. The average molecular weight is 414 g/mol. The van der Waals surface area contributed by atoms with Crippen LogP contribution in [0.15, 0.2) is 39.5 Å². The Kier molecular flexibility index (Phi) is 4.60. The Morgan fingerprint density at radius 1 is 1.10 bits per heavy atom. The number of nitrogens with zero attached hydrogens (tertiary/aromatic N) is 1. The molecule has 0 amide bonds. The first kappa shape index (κ1) is 18.3. The highest BCUT2D eigenvalue weighted by Gasteiger charge is 2.26. The number of fused-ring (bicyclic) bond motifs is 4. The van der Waals surface area contributed by atoms with Crippen molar-refractivity contribution < 1.29 is 18.6 Å². The average Bonchev–Trinajstić information content (AvgIpc) is 3.17. The second-order valence-corrected chi connectivity index (χ2v) is 7.74. The topological polar surface area (TPSA) is 61.1 Å². The fraction of sp³-hybridized carbons (Fsp3) is 0.318. The Morgan fingerprint density at radius 2 is 1.97 bits per heavy atom. The molecule has 0 radical (unpaired) electrons. The molecule has 2 aliphatic rings. The van der Waals surface area contributed by atoms with Crippen molar-refractivity contribution in [3.63, 3.8) is 0 Å². The first-order chi connectivity index (χ1) is 14.1. The summed E-state index contributed by atoms with van der Waals surface area (Å²) in [7, 11) is 0. The van der Waals surface area contributed by atoms with Gasteiger partial charge in [-0.2, -0.15) is 0 Å². The SMILES string of the molecule is CCCc1cc(=O)oc2c3c(c(Cl)cc12)OCN(Cc1ccc2c(c1)OCO2)C3. The van der Waals surface area contributed by atoms with E-state index in [1.165, 1.54) is 0 Å². The predicted molar refractivity (Wildman–Crippen MR) is 109 cm³/mol. The smallest absolute Gasteiger partial charge is 0.336 e. The van der Waals surface area contributed by atoms with E-state index in [1.54, 1.807) is 6.07 Å². The summed E-state index contributed by atoms with van der Waals surface area (Å²) < 4.78 is 22.4. The Labute approximate surface area is 172 Å². The molecule has 0 saturated heterocycles. The summed E-state index contributed by atoms with van der Waals surface area (Å²) in [6.07, 6.45) is 1.72. The molecule has 0 spiro atoms. The van der Waals surface area contributed by atoms with Crippen molar-refractivity contribution in [2.75, 3.05) is 13.5 Å². The highest BCUT2D eigenvalue weighted by Crippen LogP contribution is 2.40. The van der Waals surface area contributed by atoms with Crippen LogP contribution in [0.3, 0.4) is 0 Å². The van der Waals surface area contributed by atoms with E-state index in [4.69, 9.17) is 30.2 Å². The zero-order chi connectivity index (χ0) is 20.0. The highest BCUT2D eigenvalue weighted by molar-refractivity contribution is 6.33. The largest absolute Gasteiger partial charge is 0.476 e. The van der Waals surface area contributed by atoms with Gasteiger partial charge in [0.2, 0.25) is 6.79 Å². The Bertz CT molecular complexity index is 1160. The van der Waals surface area contributed by atoms with Gasteiger partial charge in [-0.3, -0.25) is 4.90 Å². The molecule has 29 heavy (non-hydrogen) atoms. The molecule has 0 unspecified atom stereocenters. The Hall–Kier alpha value is -2.70. The Morgan fingerprint density at radius 3 is 2.83 bits per heavy atom. The lowest BCUT2D eigenvalue weighted by Gasteiger charge is -2.30. The van der Waals surface area contributed by atoms with Crippen molar-refractivity contribution in [3.05, 3.63) is 62.5 Å². The number of rotatable bonds is 4. The number of hydrogen-bond donors (Lipinski definition) is 0. The van der Waals surface area contributed by atoms with E-state index in [0.29, 0.717) is 36.2 Å². The fourth-order valence-electron chi connectivity index (χ4n) is 3.97. The lowest BCUT2D eigenvalue weighted by Crippen LogP contribution is -2.32. The molecule has 5 rings (SSSR count). The van der Waals surface area contributed by atoms with Crippen molar-refractivity contribution in [2.24, 2.45) is 0 Å². The van der Waals surface area contributed by atoms with Crippen LogP contribution < -0.4 is 19.8 Å². The van der Waals surface area contributed by atoms with Gasteiger partial charge in [-0.25, -0.2) is 4.79 Å². The molecule has 0 bridgehead atoms. The minimum Gasteiger partial charge on any atom is -0.476 e. The maximum absolute atomic E-state index is 12.2. The molecule has 2 aromatic carbocycles. The predicted octanol–water partition coefficient (Wildman–Crippen LogP) is 4.48. The molecule has 0 atom stereocenters. The van der Waals surface area contributed by atoms with Crippen LogP contribution in [0.25, 0.3) is 11.0 Å². The first-order valence-electron chi connectivity index (χ1n) is 9.64. The van der Waals surface area contributed by atoms with Crippen LogP contribution in [0.5, 0.6) is 17.2 Å². The number of halogens is 1. The monoisotopic (exact) mass is 413 g/mol. The van der Waals surface area contributed by atoms with E-state index in [0.717, 1.165) is 46.4 Å². The van der Waals surface area contributed by atoms with Gasteiger partial charge in [-0.1, -0.05) is 31.0 Å². The molecular formula is C22H20ClNO5. The van der Waals surface area contributed by atoms with Gasteiger partial charge in [0.1, 0.15) is 18.1 Å². The molecular weight excluding hydrogens is 394 g/mol. The summed E-state index contributed by atoms with van der Waals surface area (Å²) in [5.74, 6) is 2.11. The molecule has 2 aliphatic heterocycles. The molecule has 0 N–H and O–H groups in total. The zero-order valence-electron chi connectivity index (χ0n) is 16.0. The third-order valence-electron chi connectivity index (χ3n) is 5.26. The maximum Gasteiger partial charge on any atom is 0.336 e. The van der Waals surface area contributed by atoms with Gasteiger partial charge < -0.3 is 18.6 Å². The van der Waals surface area contributed by atoms with Crippen LogP contribution in [0.4, 0.5) is 0 Å². The van der Waals surface area contributed by atoms with Crippen molar-refractivity contribution in [1.82, 2.24) is 4.90 Å². The molecule has 150 valence electrons. The van der Waals surface area contributed by atoms with Gasteiger partial charge in [-0.15, -0.1) is 0 Å². The second kappa shape index (κ2) is 7.28. The number of benzene rings is 2. The third-order valence-corrected chi connectivity index (χ3v) is 5.54. The van der Waals surface area contributed by atoms with Crippen LogP contribution >= 0.6 is 11.6 Å². The molecule has 3 aromatic rings. The first-order valence-corrected chi connectivity index (χ1v) is 10.0. The number of aryl methyl sites for hydroxylation is 1. The summed E-state index contributed by atoms with van der Waals surface area (Å²) in [4.78, 5) is 14.3. The summed E-state index contributed by atoms with van der Waals surface area (Å²) in [6, 6.07) is 9.31. The van der Waals surface area contributed by atoms with Gasteiger partial charge in [0.25, 0.3) is 0 Å². The van der Waals surface area contributed by atoms with E-state index in [1.807, 2.05) is 24.3 Å². The van der Waals surface area contributed by atoms with E-state index < -0.39 is 0 Å². The van der Waals surface area contributed by atoms with E-state index in [9.17, 15) is 4.79 Å². The molecule has 3 heterocycles. The highest BCUT2D eigenvalue weighted by atomic mass is 35.5. The van der Waals surface area contributed by atoms with E-state index >= 15 is 0 Å². The summed E-state index contributed by atoms with van der Waals surface area (Å²) in [5, 5.41) is 1.42. The Balaban J connectivity index is 1.51. The lowest BCUT2D eigenvalue weighted by molar-refractivity contribution is 0.0890. The van der Waals surface area contributed by atoms with Crippen molar-refractivity contribution >= 4 is 22.6 Å². The number of ether oxygens (including phenoxy) is 3. The van der Waals surface area contributed by atoms with Crippen molar-refractivity contribution in [3.8, 4) is 17.2 Å². The summed E-state index contributed by atoms with van der Waals surface area (Å²) >= 11 is 6.51. The number of hydrogen-bond acceptors (Lipinski definition) is 6. The van der Waals surface area contributed by atoms with Gasteiger partial charge in [0.15, 0.2) is 11.5 Å². The van der Waals surface area contributed by atoms with Crippen LogP contribution in [0.2, 0.25) is 5.02 Å². The lowest BCUT2D eigenvalue weighted by atomic mass is 10.0. The van der Waals surface area contributed by atoms with Crippen molar-refractivity contribution in [2.45, 2.75) is 32.9 Å². The minimum atomic E-state index is -0.349. The molecule has 0 aliphatic carbocycles. The van der Waals surface area contributed by atoms with E-state index in [-0.39, 0.29) is 12.4 Å². The van der Waals surface area contributed by atoms with Crippen LogP contribution in [0.1, 0.15) is 30.0 Å². The van der Waals surface area contributed by atoms with Crippen LogP contribution in [-0.2, 0) is 19.5 Å². The maximum atomic E-state index is 12.2. The molecule has 7 heteroatoms. The van der Waals surface area contributed by atoms with Gasteiger partial charge >= 0.3 is 5.63 Å². The second-order valence-electron chi connectivity index (χ2n) is 7.33. The minimum absolute atomic E-state index is 0.253.